The molecule has 0 heterocycles. The van der Waals surface area contributed by atoms with E-state index >= 15 is 0 Å². The molecule has 0 amide bonds. The molecule has 0 atom stereocenters. The van der Waals surface area contributed by atoms with Crippen molar-refractivity contribution in [1.29, 1.82) is 0 Å². The fourth-order valence-corrected chi connectivity index (χ4v) is 3.70. The Bertz CT molecular complexity index is 1310. The summed E-state index contributed by atoms with van der Waals surface area (Å²) in [4.78, 5) is 0. The number of hydrogen-bond donors (Lipinski definition) is 0. The Morgan fingerprint density at radius 2 is 1.17 bits per heavy atom. The van der Waals surface area contributed by atoms with Crippen LogP contribution in [0.15, 0.2) is 116 Å². The number of benzene rings is 4. The van der Waals surface area contributed by atoms with E-state index in [4.69, 9.17) is 9.47 Å². The third-order valence-corrected chi connectivity index (χ3v) is 5.67. The summed E-state index contributed by atoms with van der Waals surface area (Å²) in [5.74, 6) is 3.20. The molecule has 174 valence electrons. The first-order valence-corrected chi connectivity index (χ1v) is 11.9. The molecule has 4 rings (SSSR count). The Hall–Kier alpha value is -4.30. The van der Waals surface area contributed by atoms with Gasteiger partial charge in [0.1, 0.15) is 23.0 Å². The van der Waals surface area contributed by atoms with Crippen LogP contribution in [0.5, 0.6) is 23.0 Å². The first-order valence-electron chi connectivity index (χ1n) is 11.9. The molecule has 35 heavy (non-hydrogen) atoms. The van der Waals surface area contributed by atoms with Crippen LogP contribution < -0.4 is 9.47 Å². The molecule has 0 N–H and O–H groups in total. The number of para-hydroxylation sites is 2. The van der Waals surface area contributed by atoms with Gasteiger partial charge >= 0.3 is 0 Å². The van der Waals surface area contributed by atoms with Crippen molar-refractivity contribution in [3.8, 4) is 23.0 Å². The molecule has 2 heteroatoms. The minimum atomic E-state index is 0.770. The molecule has 0 saturated carbocycles. The molecule has 0 fully saturated rings. The van der Waals surface area contributed by atoms with Gasteiger partial charge in [-0.25, -0.2) is 0 Å². The summed E-state index contributed by atoms with van der Waals surface area (Å²) in [6.45, 7) is 10.3. The van der Waals surface area contributed by atoms with E-state index in [1.54, 1.807) is 6.08 Å². The van der Waals surface area contributed by atoms with Crippen molar-refractivity contribution in [3.63, 3.8) is 0 Å². The van der Waals surface area contributed by atoms with E-state index in [2.05, 4.69) is 38.3 Å². The third-order valence-electron chi connectivity index (χ3n) is 5.67. The Morgan fingerprint density at radius 1 is 0.686 bits per heavy atom. The highest BCUT2D eigenvalue weighted by atomic mass is 16.5. The minimum absolute atomic E-state index is 0.770. The second-order valence-corrected chi connectivity index (χ2v) is 8.20. The molecule has 2 nitrogen and oxygen atoms in total. The lowest BCUT2D eigenvalue weighted by molar-refractivity contribution is 0.481. The van der Waals surface area contributed by atoms with Gasteiger partial charge in [-0.3, -0.25) is 0 Å². The van der Waals surface area contributed by atoms with Gasteiger partial charge in [0.2, 0.25) is 0 Å². The summed E-state index contributed by atoms with van der Waals surface area (Å²) in [6, 6.07) is 31.9. The van der Waals surface area contributed by atoms with E-state index in [0.29, 0.717) is 0 Å². The average molecular weight is 459 g/mol. The zero-order valence-electron chi connectivity index (χ0n) is 20.1. The molecule has 0 unspecified atom stereocenters. The predicted octanol–water partition coefficient (Wildman–Crippen LogP) is 9.79. The fraction of sp³-hybridized carbons (Fsp3) is 0.0909. The van der Waals surface area contributed by atoms with Crippen molar-refractivity contribution >= 4 is 17.7 Å². The molecule has 4 aromatic carbocycles. The number of ether oxygens (including phenoxy) is 2. The van der Waals surface area contributed by atoms with Gasteiger partial charge < -0.3 is 9.47 Å². The second-order valence-electron chi connectivity index (χ2n) is 8.20. The number of unbranched alkanes of at least 4 members (excludes halogenated alkanes) is 1. The van der Waals surface area contributed by atoms with Gasteiger partial charge in [-0.15, -0.1) is 0 Å². The van der Waals surface area contributed by atoms with Crippen LogP contribution in [0.1, 0.15) is 42.0 Å². The van der Waals surface area contributed by atoms with Crippen LogP contribution in [0, 0.1) is 0 Å². The van der Waals surface area contributed by atoms with Crippen molar-refractivity contribution < 1.29 is 9.47 Å². The SMILES string of the molecule is C=Cc1ccccc1Oc1ccc(C(=C)c2ccc(Oc3ccccc3/C=C/CCC)cc2)cc1. The standard InChI is InChI=1S/C33H30O2/c1-4-6-7-13-29-14-9-11-16-33(29)35-31-23-19-28(20-24-31)25(3)27-17-21-30(22-18-27)34-32-15-10-8-12-26(32)5-2/h5,7-24H,2-4,6H2,1H3/b13-7+. The van der Waals surface area contributed by atoms with Crippen LogP contribution in [0.2, 0.25) is 0 Å². The van der Waals surface area contributed by atoms with Gasteiger partial charge in [-0.05, 0) is 59.5 Å². The van der Waals surface area contributed by atoms with Crippen molar-refractivity contribution in [2.24, 2.45) is 0 Å². The maximum absolute atomic E-state index is 6.17. The van der Waals surface area contributed by atoms with Crippen molar-refractivity contribution in [2.75, 3.05) is 0 Å². The van der Waals surface area contributed by atoms with Crippen LogP contribution in [-0.2, 0) is 0 Å². The summed E-state index contributed by atoms with van der Waals surface area (Å²) in [6.07, 6.45) is 8.28. The van der Waals surface area contributed by atoms with Gasteiger partial charge in [0.15, 0.2) is 0 Å². The molecule has 0 bridgehead atoms. The lowest BCUT2D eigenvalue weighted by Crippen LogP contribution is -1.90. The number of rotatable bonds is 10. The topological polar surface area (TPSA) is 18.5 Å². The molecular weight excluding hydrogens is 428 g/mol. The van der Waals surface area contributed by atoms with E-state index in [-0.39, 0.29) is 0 Å². The van der Waals surface area contributed by atoms with Crippen LogP contribution in [0.4, 0.5) is 0 Å². The van der Waals surface area contributed by atoms with Crippen molar-refractivity contribution in [3.05, 3.63) is 139 Å². The van der Waals surface area contributed by atoms with E-state index in [9.17, 15) is 0 Å². The summed E-state index contributed by atoms with van der Waals surface area (Å²) < 4.78 is 12.2. The van der Waals surface area contributed by atoms with Crippen molar-refractivity contribution in [1.82, 2.24) is 0 Å². The summed E-state index contributed by atoms with van der Waals surface area (Å²) in [5.41, 5.74) is 5.06. The zero-order valence-corrected chi connectivity index (χ0v) is 20.1. The lowest BCUT2D eigenvalue weighted by atomic mass is 9.99. The molecule has 0 spiro atoms. The molecule has 0 saturated heterocycles. The summed E-state index contributed by atoms with van der Waals surface area (Å²) in [7, 11) is 0. The quantitative estimate of drug-likeness (QED) is 0.235. The van der Waals surface area contributed by atoms with Crippen LogP contribution >= 0.6 is 0 Å². The molecule has 0 aliphatic carbocycles. The predicted molar refractivity (Wildman–Crippen MR) is 148 cm³/mol. The van der Waals surface area contributed by atoms with Gasteiger partial charge in [0.05, 0.1) is 0 Å². The smallest absolute Gasteiger partial charge is 0.134 e. The second kappa shape index (κ2) is 11.7. The number of hydrogen-bond acceptors (Lipinski definition) is 2. The molecule has 0 aliphatic rings. The molecular formula is C33H30O2. The first-order chi connectivity index (χ1) is 17.2. The van der Waals surface area contributed by atoms with Gasteiger partial charge in [0, 0.05) is 11.1 Å². The van der Waals surface area contributed by atoms with E-state index in [1.165, 1.54) is 0 Å². The highest BCUT2D eigenvalue weighted by Gasteiger charge is 2.07. The first kappa shape index (κ1) is 23.8. The highest BCUT2D eigenvalue weighted by molar-refractivity contribution is 5.78. The Labute approximate surface area is 208 Å². The van der Waals surface area contributed by atoms with E-state index in [1.807, 2.05) is 91.0 Å². The molecule has 0 radical (unpaired) electrons. The normalized spacial score (nSPS) is 10.8. The summed E-state index contributed by atoms with van der Waals surface area (Å²) in [5, 5.41) is 0. The lowest BCUT2D eigenvalue weighted by Gasteiger charge is -2.12. The van der Waals surface area contributed by atoms with Crippen LogP contribution in [0.25, 0.3) is 17.7 Å². The Morgan fingerprint density at radius 3 is 1.69 bits per heavy atom. The van der Waals surface area contributed by atoms with Gasteiger partial charge in [0.25, 0.3) is 0 Å². The molecule has 4 aromatic rings. The zero-order chi connectivity index (χ0) is 24.5. The third kappa shape index (κ3) is 6.18. The molecule has 0 aromatic heterocycles. The average Bonchev–Trinajstić information content (AvgIpc) is 2.90. The van der Waals surface area contributed by atoms with Crippen LogP contribution in [0.3, 0.4) is 0 Å². The number of allylic oxidation sites excluding steroid dienone is 1. The minimum Gasteiger partial charge on any atom is -0.457 e. The van der Waals surface area contributed by atoms with Crippen molar-refractivity contribution in [2.45, 2.75) is 19.8 Å². The monoisotopic (exact) mass is 458 g/mol. The highest BCUT2D eigenvalue weighted by Crippen LogP contribution is 2.31. The Balaban J connectivity index is 1.43. The molecule has 0 aliphatic heterocycles. The maximum Gasteiger partial charge on any atom is 0.134 e. The maximum atomic E-state index is 6.17. The summed E-state index contributed by atoms with van der Waals surface area (Å²) >= 11 is 0. The van der Waals surface area contributed by atoms with Gasteiger partial charge in [-0.2, -0.15) is 0 Å². The fourth-order valence-electron chi connectivity index (χ4n) is 3.70. The van der Waals surface area contributed by atoms with E-state index in [0.717, 1.165) is 63.7 Å². The van der Waals surface area contributed by atoms with Crippen LogP contribution in [-0.4, -0.2) is 0 Å². The van der Waals surface area contributed by atoms with E-state index < -0.39 is 0 Å². The largest absolute Gasteiger partial charge is 0.457 e. The Kier molecular flexibility index (Phi) is 7.98. The van der Waals surface area contributed by atoms with Gasteiger partial charge in [-0.1, -0.05) is 105 Å².